The average molecular weight is 280 g/mol. The minimum atomic E-state index is 0.0163. The van der Waals surface area contributed by atoms with E-state index in [2.05, 4.69) is 25.6 Å². The first kappa shape index (κ1) is 15.5. The lowest BCUT2D eigenvalue weighted by Crippen LogP contribution is -2.53. The van der Waals surface area contributed by atoms with Crippen LogP contribution in [0.25, 0.3) is 0 Å². The highest BCUT2D eigenvalue weighted by Crippen LogP contribution is 2.36. The van der Waals surface area contributed by atoms with Crippen molar-refractivity contribution in [1.82, 2.24) is 9.80 Å². The topological polar surface area (TPSA) is 32.8 Å². The van der Waals surface area contributed by atoms with Gasteiger partial charge in [-0.3, -0.25) is 4.79 Å². The molecule has 0 radical (unpaired) electrons. The zero-order valence-corrected chi connectivity index (χ0v) is 12.9. The lowest BCUT2D eigenvalue weighted by molar-refractivity contribution is -0.147. The van der Waals surface area contributed by atoms with Crippen molar-refractivity contribution in [2.75, 3.05) is 33.8 Å². The number of likely N-dealkylation sites (tertiary alicyclic amines) is 1. The quantitative estimate of drug-likeness (QED) is 0.739. The maximum atomic E-state index is 12.0. The Hall–Kier alpha value is -0.870. The Morgan fingerprint density at radius 3 is 2.75 bits per heavy atom. The molecule has 0 bridgehead atoms. The van der Waals surface area contributed by atoms with E-state index in [4.69, 9.17) is 4.74 Å². The zero-order valence-electron chi connectivity index (χ0n) is 12.9. The molecule has 0 unspecified atom stereocenters. The normalized spacial score (nSPS) is 25.9. The number of hydrogen-bond acceptors (Lipinski definition) is 3. The molecule has 0 N–H and O–H groups in total. The molecule has 2 rings (SSSR count). The minimum Gasteiger partial charge on any atom is -0.375 e. The fraction of sp³-hybridized carbons (Fsp3) is 0.812. The van der Waals surface area contributed by atoms with Gasteiger partial charge in [0.25, 0.3) is 0 Å². The molecule has 4 nitrogen and oxygen atoms in total. The lowest BCUT2D eigenvalue weighted by Gasteiger charge is -2.47. The highest BCUT2D eigenvalue weighted by atomic mass is 16.5. The molecule has 0 saturated carbocycles. The smallest absolute Gasteiger partial charge is 0.222 e. The van der Waals surface area contributed by atoms with Crippen molar-refractivity contribution < 1.29 is 9.53 Å². The second kappa shape index (κ2) is 6.72. The molecule has 1 spiro atoms. The molecule has 1 amide bonds. The molecule has 114 valence electrons. The lowest BCUT2D eigenvalue weighted by atomic mass is 9.82. The van der Waals surface area contributed by atoms with Gasteiger partial charge in [-0.2, -0.15) is 0 Å². The first-order valence-electron chi connectivity index (χ1n) is 7.75. The second-order valence-electron chi connectivity index (χ2n) is 6.35. The third kappa shape index (κ3) is 3.61. The Morgan fingerprint density at radius 1 is 1.45 bits per heavy atom. The Labute approximate surface area is 122 Å². The van der Waals surface area contributed by atoms with E-state index >= 15 is 0 Å². The number of amides is 1. The molecular formula is C16H28N2O2. The van der Waals surface area contributed by atoms with Gasteiger partial charge in [-0.05, 0) is 46.2 Å². The zero-order chi connectivity index (χ0) is 14.6. The van der Waals surface area contributed by atoms with Crippen LogP contribution in [0.3, 0.4) is 0 Å². The largest absolute Gasteiger partial charge is 0.375 e. The molecule has 0 aromatic heterocycles. The van der Waals surface area contributed by atoms with Gasteiger partial charge >= 0.3 is 0 Å². The molecule has 0 aromatic carbocycles. The van der Waals surface area contributed by atoms with Gasteiger partial charge < -0.3 is 14.5 Å². The van der Waals surface area contributed by atoms with E-state index in [-0.39, 0.29) is 11.5 Å². The molecule has 0 aliphatic carbocycles. The van der Waals surface area contributed by atoms with Crippen LogP contribution in [0.15, 0.2) is 12.7 Å². The molecule has 2 aliphatic rings. The number of rotatable bonds is 4. The van der Waals surface area contributed by atoms with E-state index in [1.54, 1.807) is 0 Å². The summed E-state index contributed by atoms with van der Waals surface area (Å²) in [5.74, 6) is 0.264. The van der Waals surface area contributed by atoms with Crippen LogP contribution in [0, 0.1) is 0 Å². The van der Waals surface area contributed by atoms with Crippen LogP contribution in [-0.4, -0.2) is 61.1 Å². The summed E-state index contributed by atoms with van der Waals surface area (Å²) in [5.41, 5.74) is 0.0163. The summed E-state index contributed by atoms with van der Waals surface area (Å²) >= 11 is 0. The summed E-state index contributed by atoms with van der Waals surface area (Å²) in [5, 5.41) is 0. The molecule has 1 atom stereocenters. The number of ether oxygens (including phenoxy) is 1. The van der Waals surface area contributed by atoms with E-state index < -0.39 is 0 Å². The fourth-order valence-corrected chi connectivity index (χ4v) is 3.34. The van der Waals surface area contributed by atoms with Gasteiger partial charge in [0.1, 0.15) is 0 Å². The number of carbonyl (C=O) groups is 1. The van der Waals surface area contributed by atoms with Gasteiger partial charge in [-0.15, -0.1) is 6.58 Å². The van der Waals surface area contributed by atoms with Crippen LogP contribution in [-0.2, 0) is 9.53 Å². The van der Waals surface area contributed by atoms with Crippen molar-refractivity contribution in [3.63, 3.8) is 0 Å². The van der Waals surface area contributed by atoms with Crippen LogP contribution in [0.5, 0.6) is 0 Å². The summed E-state index contributed by atoms with van der Waals surface area (Å²) < 4.78 is 6.12. The number of nitrogens with zero attached hydrogens (tertiary/aromatic N) is 2. The second-order valence-corrected chi connectivity index (χ2v) is 6.35. The fourth-order valence-electron chi connectivity index (χ4n) is 3.34. The standard InChI is InChI=1S/C16H28N2O2/c1-4-5-6-15(19)18-10-8-16(9-11-18)13-14(17(2)3)7-12-20-16/h4,14H,1,5-13H2,2-3H3/t14-/m1/s1. The van der Waals surface area contributed by atoms with Crippen molar-refractivity contribution in [1.29, 1.82) is 0 Å². The number of piperidine rings is 1. The Kier molecular flexibility index (Phi) is 5.22. The summed E-state index contributed by atoms with van der Waals surface area (Å²) in [7, 11) is 4.30. The monoisotopic (exact) mass is 280 g/mol. The predicted molar refractivity (Wildman–Crippen MR) is 80.6 cm³/mol. The average Bonchev–Trinajstić information content (AvgIpc) is 2.45. The Balaban J connectivity index is 1.86. The van der Waals surface area contributed by atoms with E-state index in [0.29, 0.717) is 12.5 Å². The van der Waals surface area contributed by atoms with Crippen LogP contribution < -0.4 is 0 Å². The Bertz CT molecular complexity index is 346. The molecular weight excluding hydrogens is 252 g/mol. The van der Waals surface area contributed by atoms with E-state index in [0.717, 1.165) is 51.8 Å². The summed E-state index contributed by atoms with van der Waals surface area (Å²) in [6, 6.07) is 0.617. The molecule has 20 heavy (non-hydrogen) atoms. The van der Waals surface area contributed by atoms with Crippen molar-refractivity contribution >= 4 is 5.91 Å². The third-order valence-corrected chi connectivity index (χ3v) is 4.79. The molecule has 2 aliphatic heterocycles. The van der Waals surface area contributed by atoms with Crippen molar-refractivity contribution in [3.8, 4) is 0 Å². The summed E-state index contributed by atoms with van der Waals surface area (Å²) in [6.45, 7) is 6.22. The Morgan fingerprint density at radius 2 is 2.15 bits per heavy atom. The van der Waals surface area contributed by atoms with E-state index in [1.165, 1.54) is 0 Å². The third-order valence-electron chi connectivity index (χ3n) is 4.79. The van der Waals surface area contributed by atoms with Crippen LogP contribution in [0.2, 0.25) is 0 Å². The highest BCUT2D eigenvalue weighted by molar-refractivity contribution is 5.76. The van der Waals surface area contributed by atoms with Crippen LogP contribution in [0.4, 0.5) is 0 Å². The van der Waals surface area contributed by atoms with Gasteiger partial charge in [0.15, 0.2) is 0 Å². The summed E-state index contributed by atoms with van der Waals surface area (Å²) in [4.78, 5) is 16.3. The molecule has 2 heterocycles. The first-order valence-corrected chi connectivity index (χ1v) is 7.75. The van der Waals surface area contributed by atoms with Gasteiger partial charge in [0.05, 0.1) is 5.60 Å². The molecule has 2 saturated heterocycles. The van der Waals surface area contributed by atoms with Gasteiger partial charge in [0, 0.05) is 32.2 Å². The number of allylic oxidation sites excluding steroid dienone is 1. The van der Waals surface area contributed by atoms with E-state index in [1.807, 2.05) is 11.0 Å². The van der Waals surface area contributed by atoms with Crippen LogP contribution in [0.1, 0.15) is 38.5 Å². The summed E-state index contributed by atoms with van der Waals surface area (Å²) in [6.07, 6.45) is 7.38. The molecule has 0 aromatic rings. The van der Waals surface area contributed by atoms with Gasteiger partial charge in [-0.1, -0.05) is 6.08 Å². The highest BCUT2D eigenvalue weighted by Gasteiger charge is 2.41. The number of hydrogen-bond donors (Lipinski definition) is 0. The SMILES string of the molecule is C=CCCC(=O)N1CCC2(CC1)C[C@H](N(C)C)CCO2. The predicted octanol–water partition coefficient (Wildman–Crippen LogP) is 2.05. The molecule has 4 heteroatoms. The minimum absolute atomic E-state index is 0.0163. The van der Waals surface area contributed by atoms with Gasteiger partial charge in [0.2, 0.25) is 5.91 Å². The first-order chi connectivity index (χ1) is 9.56. The maximum Gasteiger partial charge on any atom is 0.222 e. The van der Waals surface area contributed by atoms with Crippen molar-refractivity contribution in [2.45, 2.75) is 50.2 Å². The van der Waals surface area contributed by atoms with E-state index in [9.17, 15) is 4.79 Å². The molecule has 2 fully saturated rings. The maximum absolute atomic E-state index is 12.0. The van der Waals surface area contributed by atoms with Crippen molar-refractivity contribution in [3.05, 3.63) is 12.7 Å². The number of carbonyl (C=O) groups excluding carboxylic acids is 1. The van der Waals surface area contributed by atoms with Gasteiger partial charge in [-0.25, -0.2) is 0 Å². The van der Waals surface area contributed by atoms with Crippen LogP contribution >= 0.6 is 0 Å². The van der Waals surface area contributed by atoms with Crippen molar-refractivity contribution in [2.24, 2.45) is 0 Å².